The average molecular weight is 295 g/mol. The van der Waals surface area contributed by atoms with E-state index in [1.807, 2.05) is 0 Å². The molecule has 0 saturated carbocycles. The van der Waals surface area contributed by atoms with Crippen LogP contribution >= 0.6 is 0 Å². The van der Waals surface area contributed by atoms with Gasteiger partial charge in [-0.3, -0.25) is 14.5 Å². The van der Waals surface area contributed by atoms with Crippen LogP contribution in [0, 0.1) is 12.3 Å². The maximum atomic E-state index is 12.1. The fourth-order valence-electron chi connectivity index (χ4n) is 1.83. The van der Waals surface area contributed by atoms with Gasteiger partial charge in [-0.1, -0.05) is 6.92 Å². The van der Waals surface area contributed by atoms with E-state index in [2.05, 4.69) is 16.6 Å². The second kappa shape index (κ2) is 6.26. The van der Waals surface area contributed by atoms with E-state index >= 15 is 0 Å². The molecular formula is C13H17N3O5. The van der Waals surface area contributed by atoms with Gasteiger partial charge in [0.05, 0.1) is 0 Å². The van der Waals surface area contributed by atoms with Crippen molar-refractivity contribution in [1.82, 2.24) is 15.5 Å². The Labute approximate surface area is 121 Å². The molecule has 21 heavy (non-hydrogen) atoms. The molecule has 1 fully saturated rings. The summed E-state index contributed by atoms with van der Waals surface area (Å²) in [6, 6.07) is -1.93. The van der Waals surface area contributed by atoms with Crippen LogP contribution in [0.5, 0.6) is 0 Å². The van der Waals surface area contributed by atoms with Gasteiger partial charge in [0.25, 0.3) is 5.91 Å². The van der Waals surface area contributed by atoms with Gasteiger partial charge in [0.2, 0.25) is 5.91 Å². The van der Waals surface area contributed by atoms with E-state index in [0.717, 1.165) is 4.90 Å². The van der Waals surface area contributed by atoms with E-state index in [9.17, 15) is 19.2 Å². The van der Waals surface area contributed by atoms with Crippen LogP contribution in [0.2, 0.25) is 0 Å². The molecule has 1 saturated heterocycles. The van der Waals surface area contributed by atoms with Gasteiger partial charge in [0.1, 0.15) is 18.1 Å². The van der Waals surface area contributed by atoms with Gasteiger partial charge in [0, 0.05) is 6.42 Å². The molecule has 0 aliphatic carbocycles. The molecule has 1 rings (SSSR count). The zero-order chi connectivity index (χ0) is 16.2. The predicted octanol–water partition coefficient (Wildman–Crippen LogP) is -0.700. The number of imide groups is 1. The Bertz CT molecular complexity index is 524. The van der Waals surface area contributed by atoms with Crippen LogP contribution < -0.4 is 10.6 Å². The van der Waals surface area contributed by atoms with Gasteiger partial charge in [0.15, 0.2) is 0 Å². The number of carbonyl (C=O) groups excluding carboxylic acids is 3. The van der Waals surface area contributed by atoms with Crippen molar-refractivity contribution in [2.24, 2.45) is 0 Å². The summed E-state index contributed by atoms with van der Waals surface area (Å²) in [6.45, 7) is 2.74. The largest absolute Gasteiger partial charge is 0.480 e. The Hall–Kier alpha value is -2.56. The van der Waals surface area contributed by atoms with Crippen molar-refractivity contribution in [1.29, 1.82) is 0 Å². The zero-order valence-electron chi connectivity index (χ0n) is 11.8. The Morgan fingerprint density at radius 2 is 2.14 bits per heavy atom. The minimum atomic E-state index is -1.28. The topological polar surface area (TPSA) is 116 Å². The van der Waals surface area contributed by atoms with Gasteiger partial charge in [-0.25, -0.2) is 9.59 Å². The van der Waals surface area contributed by atoms with Gasteiger partial charge in [-0.15, -0.1) is 12.3 Å². The molecule has 1 aliphatic rings. The molecule has 2 unspecified atom stereocenters. The van der Waals surface area contributed by atoms with Crippen molar-refractivity contribution < 1.29 is 24.3 Å². The van der Waals surface area contributed by atoms with Crippen LogP contribution in [-0.4, -0.2) is 51.9 Å². The number of hydrogen-bond acceptors (Lipinski definition) is 4. The maximum absolute atomic E-state index is 12.1. The molecule has 0 aromatic heterocycles. The highest BCUT2D eigenvalue weighted by molar-refractivity contribution is 6.08. The fraction of sp³-hybridized carbons (Fsp3) is 0.538. The first-order valence-electron chi connectivity index (χ1n) is 6.35. The summed E-state index contributed by atoms with van der Waals surface area (Å²) >= 11 is 0. The molecule has 1 heterocycles. The third-order valence-corrected chi connectivity index (χ3v) is 3.31. The number of hydrogen-bond donors (Lipinski definition) is 3. The molecule has 0 aromatic carbocycles. The Kier molecular flexibility index (Phi) is 4.92. The number of amides is 4. The summed E-state index contributed by atoms with van der Waals surface area (Å²) in [5, 5.41) is 13.5. The minimum Gasteiger partial charge on any atom is -0.480 e. The van der Waals surface area contributed by atoms with E-state index < -0.39 is 41.9 Å². The molecule has 4 amide bonds. The van der Waals surface area contributed by atoms with Crippen LogP contribution in [0.4, 0.5) is 4.79 Å². The summed E-state index contributed by atoms with van der Waals surface area (Å²) in [7, 11) is 0. The lowest BCUT2D eigenvalue weighted by Crippen LogP contribution is -2.48. The van der Waals surface area contributed by atoms with Crippen LogP contribution in [0.15, 0.2) is 0 Å². The van der Waals surface area contributed by atoms with Crippen LogP contribution in [0.25, 0.3) is 0 Å². The van der Waals surface area contributed by atoms with Crippen molar-refractivity contribution in [3.05, 3.63) is 0 Å². The standard InChI is InChI=1S/C13H17N3O5/c1-4-6-8(10(18)19)14-9(17)7-16-11(20)13(3,5-2)15-12(16)21/h1,8H,5-7H2,2-3H3,(H,14,17)(H,15,21)(H,18,19). The molecule has 8 nitrogen and oxygen atoms in total. The molecule has 0 bridgehead atoms. The normalized spacial score (nSPS) is 22.4. The quantitative estimate of drug-likeness (QED) is 0.442. The minimum absolute atomic E-state index is 0.187. The van der Waals surface area contributed by atoms with Crippen molar-refractivity contribution in [3.63, 3.8) is 0 Å². The van der Waals surface area contributed by atoms with Gasteiger partial charge in [-0.2, -0.15) is 0 Å². The highest BCUT2D eigenvalue weighted by Gasteiger charge is 2.47. The number of carboxylic acids is 1. The third-order valence-electron chi connectivity index (χ3n) is 3.31. The SMILES string of the molecule is C#CCC(NC(=O)CN1C(=O)NC(C)(CC)C1=O)C(=O)O. The second-order valence-electron chi connectivity index (χ2n) is 4.87. The average Bonchev–Trinajstić information content (AvgIpc) is 2.62. The molecule has 2 atom stereocenters. The highest BCUT2D eigenvalue weighted by Crippen LogP contribution is 2.20. The molecule has 114 valence electrons. The summed E-state index contributed by atoms with van der Waals surface area (Å²) in [4.78, 5) is 47.2. The van der Waals surface area contributed by atoms with E-state index in [-0.39, 0.29) is 6.42 Å². The van der Waals surface area contributed by atoms with Gasteiger partial charge < -0.3 is 15.7 Å². The van der Waals surface area contributed by atoms with Crippen molar-refractivity contribution >= 4 is 23.8 Å². The number of urea groups is 1. The van der Waals surface area contributed by atoms with Crippen LogP contribution in [0.1, 0.15) is 26.7 Å². The number of terminal acetylenes is 1. The van der Waals surface area contributed by atoms with Gasteiger partial charge >= 0.3 is 12.0 Å². The molecule has 3 N–H and O–H groups in total. The summed E-state index contributed by atoms with van der Waals surface area (Å²) in [5.41, 5.74) is -1.04. The number of nitrogens with one attached hydrogen (secondary N) is 2. The third kappa shape index (κ3) is 3.51. The number of carbonyl (C=O) groups is 4. The monoisotopic (exact) mass is 295 g/mol. The first-order chi connectivity index (χ1) is 9.75. The van der Waals surface area contributed by atoms with Crippen LogP contribution in [-0.2, 0) is 14.4 Å². The Morgan fingerprint density at radius 1 is 1.52 bits per heavy atom. The molecule has 0 spiro atoms. The lowest BCUT2D eigenvalue weighted by Gasteiger charge is -2.19. The molecule has 1 aliphatic heterocycles. The summed E-state index contributed by atoms with van der Waals surface area (Å²) < 4.78 is 0. The summed E-state index contributed by atoms with van der Waals surface area (Å²) in [6.07, 6.45) is 5.20. The van der Waals surface area contributed by atoms with Crippen molar-refractivity contribution in [2.45, 2.75) is 38.3 Å². The first-order valence-corrected chi connectivity index (χ1v) is 6.35. The van der Waals surface area contributed by atoms with Crippen molar-refractivity contribution in [3.8, 4) is 12.3 Å². The van der Waals surface area contributed by atoms with E-state index in [4.69, 9.17) is 11.5 Å². The molecule has 0 aromatic rings. The smallest absolute Gasteiger partial charge is 0.327 e. The Balaban J connectivity index is 2.71. The van der Waals surface area contributed by atoms with E-state index in [1.165, 1.54) is 0 Å². The predicted molar refractivity (Wildman–Crippen MR) is 72.0 cm³/mol. The molecule has 0 radical (unpaired) electrons. The van der Waals surface area contributed by atoms with E-state index in [1.54, 1.807) is 13.8 Å². The highest BCUT2D eigenvalue weighted by atomic mass is 16.4. The van der Waals surface area contributed by atoms with Crippen LogP contribution in [0.3, 0.4) is 0 Å². The summed E-state index contributed by atoms with van der Waals surface area (Å²) in [5.74, 6) is -0.430. The van der Waals surface area contributed by atoms with Crippen molar-refractivity contribution in [2.75, 3.05) is 6.54 Å². The first kappa shape index (κ1) is 16.5. The molecular weight excluding hydrogens is 278 g/mol. The Morgan fingerprint density at radius 3 is 2.57 bits per heavy atom. The fourth-order valence-corrected chi connectivity index (χ4v) is 1.83. The lowest BCUT2D eigenvalue weighted by atomic mass is 9.99. The van der Waals surface area contributed by atoms with E-state index in [0.29, 0.717) is 6.42 Å². The number of aliphatic carboxylic acids is 1. The van der Waals surface area contributed by atoms with Gasteiger partial charge in [-0.05, 0) is 13.3 Å². The maximum Gasteiger partial charge on any atom is 0.327 e. The molecule has 8 heteroatoms. The zero-order valence-corrected chi connectivity index (χ0v) is 11.8. The second-order valence-corrected chi connectivity index (χ2v) is 4.87. The number of rotatable bonds is 6. The number of carboxylic acid groups (broad SMARTS) is 1. The lowest BCUT2D eigenvalue weighted by molar-refractivity contribution is -0.142. The number of nitrogens with zero attached hydrogens (tertiary/aromatic N) is 1.